The van der Waals surface area contributed by atoms with Gasteiger partial charge >= 0.3 is 0 Å². The maximum atomic E-state index is 6.29. The molecule has 0 saturated carbocycles. The normalized spacial score (nSPS) is 22.2. The molecule has 0 spiro atoms. The van der Waals surface area contributed by atoms with Gasteiger partial charge in [0.05, 0.1) is 26.5 Å². The zero-order valence-electron chi connectivity index (χ0n) is 18.1. The summed E-state index contributed by atoms with van der Waals surface area (Å²) in [6.45, 7) is 5.55. The highest BCUT2D eigenvalue weighted by molar-refractivity contribution is 5.74. The Bertz CT molecular complexity index is 875. The van der Waals surface area contributed by atoms with Gasteiger partial charge in [-0.2, -0.15) is 5.10 Å². The van der Waals surface area contributed by atoms with Crippen molar-refractivity contribution in [3.63, 3.8) is 0 Å². The second kappa shape index (κ2) is 10.1. The van der Waals surface area contributed by atoms with Crippen LogP contribution in [0.4, 0.5) is 0 Å². The first-order chi connectivity index (χ1) is 15.2. The molecule has 0 radical (unpaired) electrons. The standard InChI is InChI=1S/C22H30N6O3/c1-29-11-12-31-22(6-5-19(14-24-22)20-15-25-26-16-20)28-9-7-27(8-10-28)17-18-3-4-21(30-2)23-13-18/h3-6,13-16,24H,7-12,17H2,1-2H3,(H,25,26). The lowest BCUT2D eigenvalue weighted by molar-refractivity contribution is -0.156. The number of dihydropyridines is 1. The molecule has 2 aliphatic heterocycles. The Morgan fingerprint density at radius 2 is 1.97 bits per heavy atom. The average molecular weight is 427 g/mol. The minimum absolute atomic E-state index is 0.500. The quantitative estimate of drug-likeness (QED) is 0.583. The number of aromatic nitrogens is 3. The summed E-state index contributed by atoms with van der Waals surface area (Å²) in [5.41, 5.74) is 3.28. The van der Waals surface area contributed by atoms with Crippen molar-refractivity contribution in [3.05, 3.63) is 60.2 Å². The molecule has 0 aliphatic carbocycles. The van der Waals surface area contributed by atoms with E-state index in [9.17, 15) is 0 Å². The third-order valence-electron chi connectivity index (χ3n) is 5.62. The molecule has 166 valence electrons. The van der Waals surface area contributed by atoms with E-state index in [-0.39, 0.29) is 0 Å². The molecule has 0 bridgehead atoms. The second-order valence-corrected chi connectivity index (χ2v) is 7.57. The van der Waals surface area contributed by atoms with Gasteiger partial charge in [0.2, 0.25) is 11.7 Å². The number of aromatic amines is 1. The van der Waals surface area contributed by atoms with E-state index in [1.54, 1.807) is 14.2 Å². The number of hydrogen-bond donors (Lipinski definition) is 2. The molecule has 1 unspecified atom stereocenters. The monoisotopic (exact) mass is 426 g/mol. The minimum atomic E-state index is -0.681. The predicted molar refractivity (Wildman–Crippen MR) is 117 cm³/mol. The van der Waals surface area contributed by atoms with Gasteiger partial charge in [0.1, 0.15) is 0 Å². The summed E-state index contributed by atoms with van der Waals surface area (Å²) in [5, 5.41) is 10.4. The Morgan fingerprint density at radius 1 is 1.10 bits per heavy atom. The lowest BCUT2D eigenvalue weighted by Crippen LogP contribution is -2.63. The van der Waals surface area contributed by atoms with Crippen LogP contribution in [0.25, 0.3) is 5.57 Å². The minimum Gasteiger partial charge on any atom is -0.481 e. The molecule has 31 heavy (non-hydrogen) atoms. The van der Waals surface area contributed by atoms with Crippen molar-refractivity contribution in [1.82, 2.24) is 30.3 Å². The lowest BCUT2D eigenvalue weighted by atomic mass is 10.1. The van der Waals surface area contributed by atoms with Gasteiger partial charge in [-0.25, -0.2) is 4.98 Å². The number of nitrogens with zero attached hydrogens (tertiary/aromatic N) is 4. The highest BCUT2D eigenvalue weighted by Gasteiger charge is 2.38. The zero-order valence-corrected chi connectivity index (χ0v) is 18.1. The Morgan fingerprint density at radius 3 is 2.58 bits per heavy atom. The third-order valence-corrected chi connectivity index (χ3v) is 5.62. The summed E-state index contributed by atoms with van der Waals surface area (Å²) in [7, 11) is 3.32. The number of methoxy groups -OCH3 is 2. The molecule has 1 atom stereocenters. The highest BCUT2D eigenvalue weighted by Crippen LogP contribution is 2.26. The second-order valence-electron chi connectivity index (χ2n) is 7.57. The molecule has 9 heteroatoms. The van der Waals surface area contributed by atoms with Gasteiger partial charge in [0.25, 0.3) is 0 Å². The van der Waals surface area contributed by atoms with E-state index < -0.39 is 5.85 Å². The molecule has 0 amide bonds. The molecule has 2 aliphatic rings. The first-order valence-corrected chi connectivity index (χ1v) is 10.5. The van der Waals surface area contributed by atoms with Gasteiger partial charge in [-0.05, 0) is 11.6 Å². The van der Waals surface area contributed by atoms with Crippen molar-refractivity contribution in [3.8, 4) is 5.88 Å². The fourth-order valence-electron chi connectivity index (χ4n) is 3.85. The van der Waals surface area contributed by atoms with Crippen LogP contribution in [0.1, 0.15) is 11.1 Å². The van der Waals surface area contributed by atoms with Crippen LogP contribution in [0.15, 0.2) is 49.1 Å². The van der Waals surface area contributed by atoms with Crippen molar-refractivity contribution in [1.29, 1.82) is 0 Å². The third kappa shape index (κ3) is 5.13. The summed E-state index contributed by atoms with van der Waals surface area (Å²) in [6, 6.07) is 3.98. The molecule has 2 N–H and O–H groups in total. The fraction of sp³-hybridized carbons (Fsp3) is 0.455. The summed E-state index contributed by atoms with van der Waals surface area (Å²) in [5.74, 6) is -0.0405. The summed E-state index contributed by atoms with van der Waals surface area (Å²) in [6.07, 6.45) is 11.7. The first-order valence-electron chi connectivity index (χ1n) is 10.5. The van der Waals surface area contributed by atoms with Crippen LogP contribution in [0.2, 0.25) is 0 Å². The van der Waals surface area contributed by atoms with E-state index in [0.29, 0.717) is 19.1 Å². The van der Waals surface area contributed by atoms with Crippen LogP contribution < -0.4 is 10.1 Å². The van der Waals surface area contributed by atoms with Crippen molar-refractivity contribution < 1.29 is 14.2 Å². The maximum absolute atomic E-state index is 6.29. The molecule has 4 heterocycles. The van der Waals surface area contributed by atoms with Gasteiger partial charge in [-0.3, -0.25) is 14.9 Å². The SMILES string of the molecule is COCCOC1(N2CCN(Cc3ccc(OC)nc3)CC2)C=CC(c2cn[nH]c2)=CN1. The zero-order chi connectivity index (χ0) is 21.5. The molecule has 9 nitrogen and oxygen atoms in total. The Labute approximate surface area is 182 Å². The number of nitrogens with one attached hydrogen (secondary N) is 2. The molecule has 1 saturated heterocycles. The molecule has 2 aromatic heterocycles. The largest absolute Gasteiger partial charge is 0.481 e. The van der Waals surface area contributed by atoms with Gasteiger partial charge in [-0.15, -0.1) is 0 Å². The summed E-state index contributed by atoms with van der Waals surface area (Å²) in [4.78, 5) is 9.08. The Hall–Kier alpha value is -2.72. The van der Waals surface area contributed by atoms with E-state index in [1.807, 2.05) is 30.9 Å². The highest BCUT2D eigenvalue weighted by atomic mass is 16.6. The van der Waals surface area contributed by atoms with Crippen molar-refractivity contribution in [2.45, 2.75) is 12.4 Å². The fourth-order valence-corrected chi connectivity index (χ4v) is 3.85. The van der Waals surface area contributed by atoms with Gasteiger partial charge < -0.3 is 19.5 Å². The average Bonchev–Trinajstić information content (AvgIpc) is 3.36. The molecular weight excluding hydrogens is 396 g/mol. The maximum Gasteiger partial charge on any atom is 0.218 e. The number of ether oxygens (including phenoxy) is 3. The number of H-pyrrole nitrogens is 1. The topological polar surface area (TPSA) is 87.8 Å². The van der Waals surface area contributed by atoms with Crippen LogP contribution in [0, 0.1) is 0 Å². The number of pyridine rings is 1. The van der Waals surface area contributed by atoms with E-state index in [0.717, 1.165) is 43.9 Å². The van der Waals surface area contributed by atoms with Crippen molar-refractivity contribution in [2.24, 2.45) is 0 Å². The Balaban J connectivity index is 1.38. The molecular formula is C22H30N6O3. The van der Waals surface area contributed by atoms with Crippen LogP contribution in [-0.2, 0) is 16.0 Å². The van der Waals surface area contributed by atoms with E-state index in [1.165, 1.54) is 5.56 Å². The molecule has 2 aromatic rings. The first kappa shape index (κ1) is 21.5. The predicted octanol–water partition coefficient (Wildman–Crippen LogP) is 1.45. The summed E-state index contributed by atoms with van der Waals surface area (Å²) < 4.78 is 16.6. The van der Waals surface area contributed by atoms with E-state index in [2.05, 4.69) is 48.5 Å². The number of rotatable bonds is 9. The van der Waals surface area contributed by atoms with Gasteiger partial charge in [-0.1, -0.05) is 12.1 Å². The molecule has 0 aromatic carbocycles. The Kier molecular flexibility index (Phi) is 6.98. The smallest absolute Gasteiger partial charge is 0.218 e. The number of allylic oxidation sites excluding steroid dienone is 2. The van der Waals surface area contributed by atoms with Crippen LogP contribution >= 0.6 is 0 Å². The molecule has 4 rings (SSSR count). The molecule has 1 fully saturated rings. The van der Waals surface area contributed by atoms with Crippen molar-refractivity contribution in [2.75, 3.05) is 53.6 Å². The van der Waals surface area contributed by atoms with Gasteiger partial charge in [0, 0.05) is 75.6 Å². The van der Waals surface area contributed by atoms with Crippen LogP contribution in [0.5, 0.6) is 5.88 Å². The van der Waals surface area contributed by atoms with Crippen LogP contribution in [-0.4, -0.2) is 84.4 Å². The number of piperazine rings is 1. The van der Waals surface area contributed by atoms with Gasteiger partial charge in [0.15, 0.2) is 0 Å². The van der Waals surface area contributed by atoms with E-state index >= 15 is 0 Å². The van der Waals surface area contributed by atoms with Crippen molar-refractivity contribution >= 4 is 5.57 Å². The number of hydrogen-bond acceptors (Lipinski definition) is 8. The summed E-state index contributed by atoms with van der Waals surface area (Å²) >= 11 is 0. The van der Waals surface area contributed by atoms with Crippen LogP contribution in [0.3, 0.4) is 0 Å². The lowest BCUT2D eigenvalue weighted by Gasteiger charge is -2.46. The van der Waals surface area contributed by atoms with E-state index in [4.69, 9.17) is 14.2 Å².